The average molecular weight is 347 g/mol. The van der Waals surface area contributed by atoms with E-state index in [4.69, 9.17) is 0 Å². The summed E-state index contributed by atoms with van der Waals surface area (Å²) in [7, 11) is 0. The highest BCUT2D eigenvalue weighted by molar-refractivity contribution is 5.90. The van der Waals surface area contributed by atoms with Crippen LogP contribution < -0.4 is 10.6 Å². The van der Waals surface area contributed by atoms with Crippen LogP contribution in [-0.2, 0) is 4.79 Å². The molecule has 0 spiro atoms. The summed E-state index contributed by atoms with van der Waals surface area (Å²) in [6.07, 6.45) is 7.18. The molecule has 2 aromatic rings. The molecule has 2 N–H and O–H groups in total. The molecule has 0 unspecified atom stereocenters. The Balaban J connectivity index is 0.00000208. The third-order valence-corrected chi connectivity index (χ3v) is 4.21. The van der Waals surface area contributed by atoms with E-state index in [1.807, 2.05) is 30.3 Å². The van der Waals surface area contributed by atoms with Crippen LogP contribution in [-0.4, -0.2) is 29.0 Å². The number of hydrogen-bond acceptors (Lipinski definition) is 4. The second-order valence-electron chi connectivity index (χ2n) is 5.94. The van der Waals surface area contributed by atoms with Gasteiger partial charge in [-0.05, 0) is 38.3 Å². The third-order valence-electron chi connectivity index (χ3n) is 4.21. The lowest BCUT2D eigenvalue weighted by Gasteiger charge is -2.22. The predicted molar refractivity (Wildman–Crippen MR) is 98.2 cm³/mol. The van der Waals surface area contributed by atoms with E-state index >= 15 is 0 Å². The van der Waals surface area contributed by atoms with Crippen molar-refractivity contribution in [2.75, 3.05) is 18.4 Å². The summed E-state index contributed by atoms with van der Waals surface area (Å²) in [5.74, 6) is 1.37. The normalized spacial score (nSPS) is 14.7. The van der Waals surface area contributed by atoms with Crippen molar-refractivity contribution < 1.29 is 4.79 Å². The van der Waals surface area contributed by atoms with Crippen molar-refractivity contribution in [3.8, 4) is 11.4 Å². The molecule has 0 aliphatic carbocycles. The molecule has 0 atom stereocenters. The van der Waals surface area contributed by atoms with E-state index in [-0.39, 0.29) is 18.3 Å². The van der Waals surface area contributed by atoms with Gasteiger partial charge in [-0.2, -0.15) is 0 Å². The monoisotopic (exact) mass is 346 g/mol. The van der Waals surface area contributed by atoms with E-state index in [1.54, 1.807) is 12.4 Å². The zero-order valence-electron chi connectivity index (χ0n) is 13.6. The molecule has 1 aliphatic rings. The number of amides is 1. The molecule has 128 valence electrons. The van der Waals surface area contributed by atoms with Gasteiger partial charge in [0.05, 0.1) is 18.1 Å². The van der Waals surface area contributed by atoms with Gasteiger partial charge in [-0.1, -0.05) is 30.3 Å². The van der Waals surface area contributed by atoms with Gasteiger partial charge >= 0.3 is 0 Å². The van der Waals surface area contributed by atoms with E-state index in [2.05, 4.69) is 20.6 Å². The summed E-state index contributed by atoms with van der Waals surface area (Å²) < 4.78 is 0. The molecular weight excluding hydrogens is 324 g/mol. The molecule has 0 bridgehead atoms. The predicted octanol–water partition coefficient (Wildman–Crippen LogP) is 3.28. The summed E-state index contributed by atoms with van der Waals surface area (Å²) in [5, 5.41) is 6.22. The van der Waals surface area contributed by atoms with E-state index in [1.165, 1.54) is 12.8 Å². The lowest BCUT2D eigenvalue weighted by Crippen LogP contribution is -2.28. The number of nitrogens with one attached hydrogen (secondary N) is 2. The fraction of sp³-hybridized carbons (Fsp3) is 0.389. The Morgan fingerprint density at radius 1 is 1.12 bits per heavy atom. The molecule has 3 rings (SSSR count). The maximum Gasteiger partial charge on any atom is 0.224 e. The van der Waals surface area contributed by atoms with Crippen LogP contribution in [0.25, 0.3) is 11.4 Å². The first-order valence-corrected chi connectivity index (χ1v) is 8.19. The van der Waals surface area contributed by atoms with Crippen molar-refractivity contribution >= 4 is 24.0 Å². The van der Waals surface area contributed by atoms with E-state index in [0.717, 1.165) is 25.1 Å². The van der Waals surface area contributed by atoms with Crippen LogP contribution in [0.15, 0.2) is 42.7 Å². The van der Waals surface area contributed by atoms with Crippen LogP contribution in [0.1, 0.15) is 25.7 Å². The SMILES string of the molecule is Cl.O=C(CCC1CCNCC1)Nc1cnc(-c2ccccc2)nc1. The van der Waals surface area contributed by atoms with Crippen molar-refractivity contribution in [3.05, 3.63) is 42.7 Å². The summed E-state index contributed by atoms with van der Waals surface area (Å²) >= 11 is 0. The molecule has 1 aromatic heterocycles. The standard InChI is InChI=1S/C18H22N4O.ClH/c23-17(7-6-14-8-10-19-11-9-14)22-16-12-20-18(21-13-16)15-4-2-1-3-5-15;/h1-5,12-14,19H,6-11H2,(H,22,23);1H. The fourth-order valence-electron chi connectivity index (χ4n) is 2.86. The second kappa shape index (κ2) is 9.35. The Kier molecular flexibility index (Phi) is 7.15. The molecule has 1 aliphatic heterocycles. The van der Waals surface area contributed by atoms with Gasteiger partial charge in [-0.25, -0.2) is 9.97 Å². The molecule has 1 aromatic carbocycles. The number of benzene rings is 1. The third kappa shape index (κ3) is 5.28. The molecule has 2 heterocycles. The largest absolute Gasteiger partial charge is 0.323 e. The van der Waals surface area contributed by atoms with Crippen molar-refractivity contribution in [1.82, 2.24) is 15.3 Å². The highest BCUT2D eigenvalue weighted by Gasteiger charge is 2.14. The molecule has 5 nitrogen and oxygen atoms in total. The van der Waals surface area contributed by atoms with E-state index in [0.29, 0.717) is 23.9 Å². The zero-order chi connectivity index (χ0) is 15.9. The van der Waals surface area contributed by atoms with Gasteiger partial charge in [-0.15, -0.1) is 12.4 Å². The van der Waals surface area contributed by atoms with E-state index in [9.17, 15) is 4.79 Å². The van der Waals surface area contributed by atoms with Gasteiger partial charge in [0.25, 0.3) is 0 Å². The maximum absolute atomic E-state index is 12.0. The summed E-state index contributed by atoms with van der Waals surface area (Å²) in [6.45, 7) is 2.14. The highest BCUT2D eigenvalue weighted by atomic mass is 35.5. The summed E-state index contributed by atoms with van der Waals surface area (Å²) in [4.78, 5) is 20.7. The van der Waals surface area contributed by atoms with Gasteiger partial charge in [0.2, 0.25) is 5.91 Å². The first-order valence-electron chi connectivity index (χ1n) is 8.19. The number of halogens is 1. The minimum Gasteiger partial charge on any atom is -0.323 e. The molecule has 1 fully saturated rings. The number of piperidine rings is 1. The lowest BCUT2D eigenvalue weighted by molar-refractivity contribution is -0.116. The molecular formula is C18H23ClN4O. The van der Waals surface area contributed by atoms with Gasteiger partial charge in [0, 0.05) is 12.0 Å². The van der Waals surface area contributed by atoms with Crippen LogP contribution in [0.2, 0.25) is 0 Å². The fourth-order valence-corrected chi connectivity index (χ4v) is 2.86. The number of nitrogens with zero attached hydrogens (tertiary/aromatic N) is 2. The van der Waals surface area contributed by atoms with Gasteiger partial charge in [0.1, 0.15) is 0 Å². The number of hydrogen-bond donors (Lipinski definition) is 2. The molecule has 6 heteroatoms. The smallest absolute Gasteiger partial charge is 0.224 e. The number of anilines is 1. The van der Waals surface area contributed by atoms with Gasteiger partial charge < -0.3 is 10.6 Å². The van der Waals surface area contributed by atoms with Gasteiger partial charge in [-0.3, -0.25) is 4.79 Å². The Labute approximate surface area is 148 Å². The molecule has 1 saturated heterocycles. The Morgan fingerprint density at radius 2 is 1.79 bits per heavy atom. The number of aromatic nitrogens is 2. The van der Waals surface area contributed by atoms with Crippen molar-refractivity contribution in [3.63, 3.8) is 0 Å². The topological polar surface area (TPSA) is 66.9 Å². The Morgan fingerprint density at radius 3 is 2.46 bits per heavy atom. The highest BCUT2D eigenvalue weighted by Crippen LogP contribution is 2.19. The summed E-state index contributed by atoms with van der Waals surface area (Å²) in [6, 6.07) is 9.80. The van der Waals surface area contributed by atoms with Crippen LogP contribution >= 0.6 is 12.4 Å². The van der Waals surface area contributed by atoms with Crippen LogP contribution in [0.5, 0.6) is 0 Å². The number of rotatable bonds is 5. The first kappa shape index (κ1) is 18.4. The number of carbonyl (C=O) groups excluding carboxylic acids is 1. The van der Waals surface area contributed by atoms with Gasteiger partial charge in [0.15, 0.2) is 5.82 Å². The van der Waals surface area contributed by atoms with Crippen molar-refractivity contribution in [1.29, 1.82) is 0 Å². The quantitative estimate of drug-likeness (QED) is 0.871. The molecule has 0 radical (unpaired) electrons. The Hall–Kier alpha value is -1.98. The second-order valence-corrected chi connectivity index (χ2v) is 5.94. The van der Waals surface area contributed by atoms with E-state index < -0.39 is 0 Å². The minimum absolute atomic E-state index is 0. The van der Waals surface area contributed by atoms with Crippen LogP contribution in [0.3, 0.4) is 0 Å². The first-order chi connectivity index (χ1) is 11.3. The molecule has 1 amide bonds. The zero-order valence-corrected chi connectivity index (χ0v) is 14.4. The molecule has 0 saturated carbocycles. The van der Waals surface area contributed by atoms with Crippen LogP contribution in [0, 0.1) is 5.92 Å². The number of carbonyl (C=O) groups is 1. The summed E-state index contributed by atoms with van der Waals surface area (Å²) in [5.41, 5.74) is 1.62. The average Bonchev–Trinajstić information content (AvgIpc) is 2.62. The Bertz CT molecular complexity index is 627. The minimum atomic E-state index is 0. The van der Waals surface area contributed by atoms with Crippen LogP contribution in [0.4, 0.5) is 5.69 Å². The molecule has 24 heavy (non-hydrogen) atoms. The maximum atomic E-state index is 12.0. The lowest BCUT2D eigenvalue weighted by atomic mass is 9.93. The van der Waals surface area contributed by atoms with Crippen molar-refractivity contribution in [2.45, 2.75) is 25.7 Å². The van der Waals surface area contributed by atoms with Crippen molar-refractivity contribution in [2.24, 2.45) is 5.92 Å².